The summed E-state index contributed by atoms with van der Waals surface area (Å²) in [5, 5.41) is 3.16. The highest BCUT2D eigenvalue weighted by Gasteiger charge is 2.15. The molecule has 0 amide bonds. The molecule has 1 heterocycles. The van der Waals surface area contributed by atoms with Crippen LogP contribution in [0.2, 0.25) is 0 Å². The number of methoxy groups -OCH3 is 1. The minimum absolute atomic E-state index is 0.166. The summed E-state index contributed by atoms with van der Waals surface area (Å²) in [6.45, 7) is 6.75. The number of nitrogens with zero attached hydrogens (tertiary/aromatic N) is 1. The Bertz CT molecular complexity index is 268. The Morgan fingerprint density at radius 1 is 1.62 bits per heavy atom. The van der Waals surface area contributed by atoms with Gasteiger partial charge in [-0.05, 0) is 20.8 Å². The van der Waals surface area contributed by atoms with Crippen molar-refractivity contribution in [1.29, 1.82) is 0 Å². The molecule has 1 rings (SSSR count). The van der Waals surface area contributed by atoms with Crippen molar-refractivity contribution in [2.75, 3.05) is 19.0 Å². The molecule has 0 saturated heterocycles. The summed E-state index contributed by atoms with van der Waals surface area (Å²) in [5.41, 5.74) is 0.887. The molecule has 1 aromatic heterocycles. The molecule has 0 spiro atoms. The quantitative estimate of drug-likeness (QED) is 0.744. The van der Waals surface area contributed by atoms with Crippen LogP contribution in [0.3, 0.4) is 0 Å². The molecule has 4 heteroatoms. The number of hydrogen-bond donors (Lipinski definition) is 2. The van der Waals surface area contributed by atoms with Crippen LogP contribution in [0, 0.1) is 6.92 Å². The van der Waals surface area contributed by atoms with E-state index in [1.165, 1.54) is 0 Å². The van der Waals surface area contributed by atoms with Crippen LogP contribution in [-0.4, -0.2) is 29.2 Å². The zero-order chi connectivity index (χ0) is 9.90. The van der Waals surface area contributed by atoms with Crippen molar-refractivity contribution in [1.82, 2.24) is 9.97 Å². The number of H-pyrrole nitrogens is 1. The van der Waals surface area contributed by atoms with E-state index in [9.17, 15) is 0 Å². The van der Waals surface area contributed by atoms with E-state index in [4.69, 9.17) is 4.74 Å². The van der Waals surface area contributed by atoms with Crippen LogP contribution < -0.4 is 5.32 Å². The van der Waals surface area contributed by atoms with E-state index in [-0.39, 0.29) is 5.60 Å². The monoisotopic (exact) mass is 183 g/mol. The van der Waals surface area contributed by atoms with Gasteiger partial charge in [0.15, 0.2) is 5.95 Å². The van der Waals surface area contributed by atoms with E-state index < -0.39 is 0 Å². The van der Waals surface area contributed by atoms with Crippen molar-refractivity contribution in [2.45, 2.75) is 26.4 Å². The Balaban J connectivity index is 2.43. The summed E-state index contributed by atoms with van der Waals surface area (Å²) in [4.78, 5) is 7.23. The van der Waals surface area contributed by atoms with Gasteiger partial charge in [-0.2, -0.15) is 0 Å². The molecule has 0 atom stereocenters. The van der Waals surface area contributed by atoms with Crippen LogP contribution in [0.15, 0.2) is 6.20 Å². The van der Waals surface area contributed by atoms with Crippen molar-refractivity contribution in [3.63, 3.8) is 0 Å². The molecule has 0 unspecified atom stereocenters. The summed E-state index contributed by atoms with van der Waals surface area (Å²) in [5.74, 6) is 0.794. The topological polar surface area (TPSA) is 49.9 Å². The Hall–Kier alpha value is -1.03. The summed E-state index contributed by atoms with van der Waals surface area (Å²) < 4.78 is 5.26. The average Bonchev–Trinajstić information content (AvgIpc) is 2.48. The molecule has 0 aliphatic rings. The fourth-order valence-corrected chi connectivity index (χ4v) is 0.871. The van der Waals surface area contributed by atoms with Gasteiger partial charge in [0.2, 0.25) is 0 Å². The average molecular weight is 183 g/mol. The SMILES string of the molecule is COC(C)(C)CNc1ncc(C)[nH]1. The van der Waals surface area contributed by atoms with E-state index in [1.54, 1.807) is 13.3 Å². The van der Waals surface area contributed by atoms with Gasteiger partial charge >= 0.3 is 0 Å². The Labute approximate surface area is 78.7 Å². The molecule has 0 fully saturated rings. The maximum atomic E-state index is 5.26. The lowest BCUT2D eigenvalue weighted by atomic mass is 10.1. The van der Waals surface area contributed by atoms with Crippen molar-refractivity contribution >= 4 is 5.95 Å². The Morgan fingerprint density at radius 2 is 2.31 bits per heavy atom. The lowest BCUT2D eigenvalue weighted by Crippen LogP contribution is -2.32. The summed E-state index contributed by atoms with van der Waals surface area (Å²) in [6.07, 6.45) is 1.79. The van der Waals surface area contributed by atoms with E-state index in [0.717, 1.165) is 18.2 Å². The first-order chi connectivity index (χ1) is 6.03. The van der Waals surface area contributed by atoms with Crippen LogP contribution in [0.25, 0.3) is 0 Å². The molecule has 0 aliphatic heterocycles. The molecule has 0 saturated carbocycles. The first-order valence-corrected chi connectivity index (χ1v) is 4.34. The van der Waals surface area contributed by atoms with Crippen LogP contribution in [-0.2, 0) is 4.74 Å². The van der Waals surface area contributed by atoms with Gasteiger partial charge in [-0.3, -0.25) is 0 Å². The highest BCUT2D eigenvalue weighted by atomic mass is 16.5. The minimum atomic E-state index is -0.166. The summed E-state index contributed by atoms with van der Waals surface area (Å²) in [6, 6.07) is 0. The molecular formula is C9H17N3O. The largest absolute Gasteiger partial charge is 0.377 e. The van der Waals surface area contributed by atoms with Crippen LogP contribution >= 0.6 is 0 Å². The van der Waals surface area contributed by atoms with Gasteiger partial charge in [0.25, 0.3) is 0 Å². The summed E-state index contributed by atoms with van der Waals surface area (Å²) >= 11 is 0. The molecule has 0 radical (unpaired) electrons. The molecule has 0 aliphatic carbocycles. The van der Waals surface area contributed by atoms with Gasteiger partial charge in [0.1, 0.15) is 0 Å². The molecular weight excluding hydrogens is 166 g/mol. The van der Waals surface area contributed by atoms with Crippen LogP contribution in [0.1, 0.15) is 19.5 Å². The normalized spacial score (nSPS) is 11.7. The van der Waals surface area contributed by atoms with Gasteiger partial charge < -0.3 is 15.0 Å². The van der Waals surface area contributed by atoms with Crippen LogP contribution in [0.5, 0.6) is 0 Å². The molecule has 74 valence electrons. The number of ether oxygens (including phenoxy) is 1. The first-order valence-electron chi connectivity index (χ1n) is 4.34. The van der Waals surface area contributed by atoms with E-state index in [1.807, 2.05) is 20.8 Å². The van der Waals surface area contributed by atoms with E-state index >= 15 is 0 Å². The highest BCUT2D eigenvalue weighted by molar-refractivity contribution is 5.26. The van der Waals surface area contributed by atoms with Crippen molar-refractivity contribution in [2.24, 2.45) is 0 Å². The molecule has 1 aromatic rings. The molecule has 13 heavy (non-hydrogen) atoms. The standard InChI is InChI=1S/C9H17N3O/c1-7-5-10-8(12-7)11-6-9(2,3)13-4/h5H,6H2,1-4H3,(H2,10,11,12). The zero-order valence-corrected chi connectivity index (χ0v) is 8.64. The first kappa shape index (κ1) is 10.1. The lowest BCUT2D eigenvalue weighted by Gasteiger charge is -2.22. The number of nitrogens with one attached hydrogen (secondary N) is 2. The third kappa shape index (κ3) is 3.06. The number of rotatable bonds is 4. The van der Waals surface area contributed by atoms with Gasteiger partial charge in [-0.15, -0.1) is 0 Å². The third-order valence-electron chi connectivity index (χ3n) is 1.94. The zero-order valence-electron chi connectivity index (χ0n) is 8.64. The Kier molecular flexibility index (Phi) is 2.93. The van der Waals surface area contributed by atoms with E-state index in [0.29, 0.717) is 0 Å². The van der Waals surface area contributed by atoms with E-state index in [2.05, 4.69) is 15.3 Å². The second kappa shape index (κ2) is 3.79. The van der Waals surface area contributed by atoms with Gasteiger partial charge in [-0.25, -0.2) is 4.98 Å². The number of aryl methyl sites for hydroxylation is 1. The van der Waals surface area contributed by atoms with Crippen LogP contribution in [0.4, 0.5) is 5.95 Å². The summed E-state index contributed by atoms with van der Waals surface area (Å²) in [7, 11) is 1.70. The Morgan fingerprint density at radius 3 is 2.77 bits per heavy atom. The molecule has 4 nitrogen and oxygen atoms in total. The second-order valence-electron chi connectivity index (χ2n) is 3.73. The van der Waals surface area contributed by atoms with Crippen molar-refractivity contribution in [3.05, 3.63) is 11.9 Å². The predicted molar refractivity (Wildman–Crippen MR) is 52.9 cm³/mol. The van der Waals surface area contributed by atoms with Crippen molar-refractivity contribution < 1.29 is 4.74 Å². The lowest BCUT2D eigenvalue weighted by molar-refractivity contribution is 0.0342. The number of aromatic nitrogens is 2. The number of hydrogen-bond acceptors (Lipinski definition) is 3. The smallest absolute Gasteiger partial charge is 0.200 e. The maximum absolute atomic E-state index is 5.26. The fraction of sp³-hybridized carbons (Fsp3) is 0.667. The number of imidazole rings is 1. The van der Waals surface area contributed by atoms with Crippen molar-refractivity contribution in [3.8, 4) is 0 Å². The molecule has 0 bridgehead atoms. The predicted octanol–water partition coefficient (Wildman–Crippen LogP) is 1.56. The molecule has 2 N–H and O–H groups in total. The second-order valence-corrected chi connectivity index (χ2v) is 3.73. The van der Waals surface area contributed by atoms with Gasteiger partial charge in [-0.1, -0.05) is 0 Å². The minimum Gasteiger partial charge on any atom is -0.377 e. The molecule has 0 aromatic carbocycles. The highest BCUT2D eigenvalue weighted by Crippen LogP contribution is 2.08. The third-order valence-corrected chi connectivity index (χ3v) is 1.94. The van der Waals surface area contributed by atoms with Gasteiger partial charge in [0, 0.05) is 25.5 Å². The fourth-order valence-electron chi connectivity index (χ4n) is 0.871. The maximum Gasteiger partial charge on any atom is 0.200 e. The number of aromatic amines is 1. The van der Waals surface area contributed by atoms with Gasteiger partial charge in [0.05, 0.1) is 5.60 Å². The number of anilines is 1.